The molecule has 2 heterocycles. The molecule has 1 aromatic heterocycles. The van der Waals surface area contributed by atoms with Crippen molar-refractivity contribution in [3.63, 3.8) is 0 Å². The number of fused-ring (bicyclic) bond motifs is 1. The number of aliphatic carboxylic acids is 1. The molecule has 2 aromatic carbocycles. The molecule has 6 nitrogen and oxygen atoms in total. The third-order valence-electron chi connectivity index (χ3n) is 8.61. The van der Waals surface area contributed by atoms with Crippen LogP contribution in [0.4, 0.5) is 4.39 Å². The SMILES string of the molecule is COc1cc(-c2ccc([C@@H]3CCc4ccc(C(C5CC5)[C@H](C)C(=O)O)cc4O3)cc2CN(C)C(C)C)c(F)cn1. The molecule has 5 rings (SSSR count). The lowest BCUT2D eigenvalue weighted by Crippen LogP contribution is -2.26. The molecule has 40 heavy (non-hydrogen) atoms. The average molecular weight is 547 g/mol. The largest absolute Gasteiger partial charge is 0.485 e. The normalized spacial score (nSPS) is 18.2. The van der Waals surface area contributed by atoms with Crippen LogP contribution in [0.25, 0.3) is 11.1 Å². The molecule has 1 fully saturated rings. The Labute approximate surface area is 236 Å². The van der Waals surface area contributed by atoms with Gasteiger partial charge in [0.25, 0.3) is 0 Å². The lowest BCUT2D eigenvalue weighted by Gasteiger charge is -2.30. The first-order chi connectivity index (χ1) is 19.2. The molecule has 2 aliphatic rings. The summed E-state index contributed by atoms with van der Waals surface area (Å²) in [5.41, 5.74) is 5.53. The fourth-order valence-corrected chi connectivity index (χ4v) is 5.80. The maximum Gasteiger partial charge on any atom is 0.306 e. The van der Waals surface area contributed by atoms with Gasteiger partial charge >= 0.3 is 5.97 Å². The van der Waals surface area contributed by atoms with E-state index in [-0.39, 0.29) is 12.0 Å². The fraction of sp³-hybridized carbons (Fsp3) is 0.455. The second-order valence-electron chi connectivity index (χ2n) is 11.6. The Kier molecular flexibility index (Phi) is 8.13. The zero-order valence-corrected chi connectivity index (χ0v) is 24.0. The van der Waals surface area contributed by atoms with E-state index in [2.05, 4.69) is 55.0 Å². The molecule has 0 spiro atoms. The number of pyridine rings is 1. The number of benzene rings is 2. The van der Waals surface area contributed by atoms with E-state index < -0.39 is 17.7 Å². The molecular weight excluding hydrogens is 507 g/mol. The van der Waals surface area contributed by atoms with Gasteiger partial charge in [0, 0.05) is 24.2 Å². The van der Waals surface area contributed by atoms with Crippen molar-refractivity contribution in [2.75, 3.05) is 14.2 Å². The van der Waals surface area contributed by atoms with Crippen molar-refractivity contribution in [2.45, 2.75) is 71.1 Å². The Morgan fingerprint density at radius 1 is 1.12 bits per heavy atom. The van der Waals surface area contributed by atoms with E-state index in [4.69, 9.17) is 9.47 Å². The van der Waals surface area contributed by atoms with Gasteiger partial charge in [-0.3, -0.25) is 9.69 Å². The summed E-state index contributed by atoms with van der Waals surface area (Å²) < 4.78 is 26.8. The van der Waals surface area contributed by atoms with Crippen molar-refractivity contribution in [1.29, 1.82) is 0 Å². The molecule has 1 saturated carbocycles. The van der Waals surface area contributed by atoms with E-state index in [0.717, 1.165) is 59.3 Å². The summed E-state index contributed by atoms with van der Waals surface area (Å²) in [4.78, 5) is 18.1. The van der Waals surface area contributed by atoms with Crippen LogP contribution in [0.5, 0.6) is 11.6 Å². The summed E-state index contributed by atoms with van der Waals surface area (Å²) in [6, 6.07) is 14.4. The highest BCUT2D eigenvalue weighted by Gasteiger charge is 2.39. The standard InChI is InChI=1S/C33H39FN2O4/c1-19(2)36(4)18-25-14-23(10-12-26(25)27-16-31(39-5)35-17-28(27)34)29-13-11-21-6-9-24(15-30(21)40-29)32(22-7-8-22)20(3)33(37)38/h6,9-10,12,14-17,19-20,22,29,32H,7-8,11,13,18H2,1-5H3,(H,37,38)/t20-,29-,32?/m0/s1. The van der Waals surface area contributed by atoms with Crippen LogP contribution in [0.1, 0.15) is 74.3 Å². The zero-order chi connectivity index (χ0) is 28.6. The minimum absolute atomic E-state index is 0.00326. The second kappa shape index (κ2) is 11.6. The Bertz CT molecular complexity index is 1390. The molecule has 0 saturated heterocycles. The minimum atomic E-state index is -0.754. The molecule has 3 aromatic rings. The van der Waals surface area contributed by atoms with E-state index >= 15 is 0 Å². The molecular formula is C33H39FN2O4. The van der Waals surface area contributed by atoms with Gasteiger partial charge in [-0.2, -0.15) is 0 Å². The lowest BCUT2D eigenvalue weighted by molar-refractivity contribution is -0.142. The van der Waals surface area contributed by atoms with Crippen molar-refractivity contribution in [3.05, 3.63) is 76.7 Å². The maximum atomic E-state index is 15.0. The monoisotopic (exact) mass is 546 g/mol. The van der Waals surface area contributed by atoms with E-state index in [1.54, 1.807) is 6.07 Å². The van der Waals surface area contributed by atoms with E-state index in [9.17, 15) is 14.3 Å². The molecule has 3 atom stereocenters. The smallest absolute Gasteiger partial charge is 0.306 e. The Morgan fingerprint density at radius 2 is 1.90 bits per heavy atom. The topological polar surface area (TPSA) is 71.9 Å². The van der Waals surface area contributed by atoms with Gasteiger partial charge in [0.05, 0.1) is 19.2 Å². The number of hydrogen-bond donors (Lipinski definition) is 1. The number of methoxy groups -OCH3 is 1. The van der Waals surface area contributed by atoms with E-state index in [1.807, 2.05) is 19.1 Å². The Balaban J connectivity index is 1.47. The molecule has 1 unspecified atom stereocenters. The first-order valence-electron chi connectivity index (χ1n) is 14.2. The maximum absolute atomic E-state index is 15.0. The lowest BCUT2D eigenvalue weighted by atomic mass is 9.82. The molecule has 0 radical (unpaired) electrons. The Morgan fingerprint density at radius 3 is 2.58 bits per heavy atom. The van der Waals surface area contributed by atoms with Crippen LogP contribution in [0, 0.1) is 17.7 Å². The van der Waals surface area contributed by atoms with Crippen molar-refractivity contribution in [3.8, 4) is 22.8 Å². The summed E-state index contributed by atoms with van der Waals surface area (Å²) in [6.07, 6.45) is 4.92. The molecule has 0 bridgehead atoms. The first-order valence-corrected chi connectivity index (χ1v) is 14.2. The number of aryl methyl sites for hydroxylation is 1. The number of aromatic nitrogens is 1. The highest BCUT2D eigenvalue weighted by atomic mass is 19.1. The predicted molar refractivity (Wildman–Crippen MR) is 153 cm³/mol. The van der Waals surface area contributed by atoms with Gasteiger partial charge in [0.1, 0.15) is 17.7 Å². The number of ether oxygens (including phenoxy) is 2. The Hall–Kier alpha value is -3.45. The summed E-state index contributed by atoms with van der Waals surface area (Å²) in [5.74, 6) is 0.0412. The quantitative estimate of drug-likeness (QED) is 0.295. The van der Waals surface area contributed by atoms with Crippen LogP contribution in [-0.4, -0.2) is 41.2 Å². The average Bonchev–Trinajstić information content (AvgIpc) is 3.78. The number of carboxylic acids is 1. The van der Waals surface area contributed by atoms with Crippen LogP contribution < -0.4 is 9.47 Å². The van der Waals surface area contributed by atoms with E-state index in [0.29, 0.717) is 29.9 Å². The molecule has 212 valence electrons. The van der Waals surface area contributed by atoms with Crippen molar-refractivity contribution in [2.24, 2.45) is 11.8 Å². The third kappa shape index (κ3) is 5.85. The number of rotatable bonds is 10. The third-order valence-corrected chi connectivity index (χ3v) is 8.61. The number of hydrogen-bond acceptors (Lipinski definition) is 5. The highest BCUT2D eigenvalue weighted by molar-refractivity contribution is 5.71. The predicted octanol–water partition coefficient (Wildman–Crippen LogP) is 7.02. The molecule has 1 aliphatic carbocycles. The second-order valence-corrected chi connectivity index (χ2v) is 11.6. The van der Waals surface area contributed by atoms with Crippen LogP contribution in [-0.2, 0) is 17.8 Å². The number of nitrogens with zero attached hydrogens (tertiary/aromatic N) is 2. The van der Waals surface area contributed by atoms with Gasteiger partial charge < -0.3 is 14.6 Å². The van der Waals surface area contributed by atoms with Gasteiger partial charge in [-0.05, 0) is 92.3 Å². The van der Waals surface area contributed by atoms with Gasteiger partial charge in [-0.1, -0.05) is 37.3 Å². The van der Waals surface area contributed by atoms with Crippen LogP contribution in [0.3, 0.4) is 0 Å². The zero-order valence-electron chi connectivity index (χ0n) is 24.0. The summed E-state index contributed by atoms with van der Waals surface area (Å²) in [5, 5.41) is 9.72. The van der Waals surface area contributed by atoms with Crippen LogP contribution >= 0.6 is 0 Å². The van der Waals surface area contributed by atoms with Gasteiger partial charge in [0.2, 0.25) is 5.88 Å². The van der Waals surface area contributed by atoms with Gasteiger partial charge in [-0.25, -0.2) is 9.37 Å². The van der Waals surface area contributed by atoms with E-state index in [1.165, 1.54) is 13.3 Å². The summed E-state index contributed by atoms with van der Waals surface area (Å²) in [6.45, 7) is 6.73. The number of carboxylic acid groups (broad SMARTS) is 1. The van der Waals surface area contributed by atoms with Crippen LogP contribution in [0.2, 0.25) is 0 Å². The van der Waals surface area contributed by atoms with Gasteiger partial charge in [0.15, 0.2) is 0 Å². The number of halogens is 1. The van der Waals surface area contributed by atoms with Gasteiger partial charge in [-0.15, -0.1) is 0 Å². The molecule has 7 heteroatoms. The first kappa shape index (κ1) is 28.1. The van der Waals surface area contributed by atoms with Crippen molar-refractivity contribution >= 4 is 5.97 Å². The summed E-state index contributed by atoms with van der Waals surface area (Å²) >= 11 is 0. The number of carbonyl (C=O) groups is 1. The molecule has 0 amide bonds. The fourth-order valence-electron chi connectivity index (χ4n) is 5.80. The minimum Gasteiger partial charge on any atom is -0.485 e. The summed E-state index contributed by atoms with van der Waals surface area (Å²) in [7, 11) is 3.59. The molecule has 1 aliphatic heterocycles. The van der Waals surface area contributed by atoms with Crippen LogP contribution in [0.15, 0.2) is 48.7 Å². The van der Waals surface area contributed by atoms with Crippen molar-refractivity contribution in [1.82, 2.24) is 9.88 Å². The highest BCUT2D eigenvalue weighted by Crippen LogP contribution is 2.48. The van der Waals surface area contributed by atoms with Crippen molar-refractivity contribution < 1.29 is 23.8 Å². The molecule has 1 N–H and O–H groups in total.